The van der Waals surface area contributed by atoms with Crippen LogP contribution in [0.3, 0.4) is 0 Å². The quantitative estimate of drug-likeness (QED) is 0.239. The van der Waals surface area contributed by atoms with E-state index in [-0.39, 0.29) is 6.09 Å². The molecule has 3 nitrogen and oxygen atoms in total. The third-order valence-corrected chi connectivity index (χ3v) is 4.99. The van der Waals surface area contributed by atoms with Crippen LogP contribution in [-0.2, 0) is 11.2 Å². The molecule has 0 spiro atoms. The Hall–Kier alpha value is -1.95. The fraction of sp³-hybridized carbons (Fsp3) is 0.654. The zero-order chi connectivity index (χ0) is 20.8. The second kappa shape index (κ2) is 19.4. The zero-order valence-electron chi connectivity index (χ0n) is 18.5. The van der Waals surface area contributed by atoms with Crippen LogP contribution >= 0.6 is 0 Å². The molecule has 29 heavy (non-hydrogen) atoms. The smallest absolute Gasteiger partial charge is 0.407 e. The average molecular weight is 400 g/mol. The summed E-state index contributed by atoms with van der Waals surface area (Å²) in [5.41, 5.74) is 1.21. The van der Waals surface area contributed by atoms with Crippen molar-refractivity contribution >= 4 is 6.09 Å². The number of benzene rings is 1. The number of hydrogen-bond acceptors (Lipinski definition) is 2. The number of ether oxygens (including phenoxy) is 1. The predicted molar refractivity (Wildman–Crippen MR) is 123 cm³/mol. The minimum atomic E-state index is -0.334. The van der Waals surface area contributed by atoms with E-state index in [1.54, 1.807) is 0 Å². The molecule has 162 valence electrons. The van der Waals surface area contributed by atoms with Gasteiger partial charge in [-0.1, -0.05) is 95.0 Å². The van der Waals surface area contributed by atoms with E-state index in [9.17, 15) is 4.79 Å². The summed E-state index contributed by atoms with van der Waals surface area (Å²) >= 11 is 0. The Labute approximate surface area is 179 Å². The van der Waals surface area contributed by atoms with Gasteiger partial charge < -0.3 is 10.1 Å². The maximum Gasteiger partial charge on any atom is 0.407 e. The molecular formula is C26H41NO2. The highest BCUT2D eigenvalue weighted by atomic mass is 16.5. The van der Waals surface area contributed by atoms with Gasteiger partial charge in [0.1, 0.15) is 0 Å². The van der Waals surface area contributed by atoms with Crippen molar-refractivity contribution in [2.24, 2.45) is 0 Å². The Bertz CT molecular complexity index is 559. The third kappa shape index (κ3) is 16.7. The van der Waals surface area contributed by atoms with Crippen molar-refractivity contribution in [1.82, 2.24) is 5.32 Å². The van der Waals surface area contributed by atoms with Crippen molar-refractivity contribution in [1.29, 1.82) is 0 Å². The largest absolute Gasteiger partial charge is 0.450 e. The highest BCUT2D eigenvalue weighted by Gasteiger charge is 2.00. The number of carbonyl (C=O) groups is 1. The van der Waals surface area contributed by atoms with Crippen LogP contribution in [0.1, 0.15) is 96.0 Å². The zero-order valence-corrected chi connectivity index (χ0v) is 18.5. The van der Waals surface area contributed by atoms with Crippen LogP contribution in [0, 0.1) is 11.8 Å². The number of rotatable bonds is 16. The summed E-state index contributed by atoms with van der Waals surface area (Å²) in [7, 11) is 0. The first-order chi connectivity index (χ1) is 14.3. The Balaban J connectivity index is 1.82. The van der Waals surface area contributed by atoms with Crippen LogP contribution in [0.4, 0.5) is 4.79 Å². The molecule has 1 amide bonds. The molecule has 0 fully saturated rings. The van der Waals surface area contributed by atoms with Gasteiger partial charge in [-0.15, -0.1) is 11.8 Å². The molecule has 0 radical (unpaired) electrons. The molecule has 1 aromatic carbocycles. The summed E-state index contributed by atoms with van der Waals surface area (Å²) in [6.45, 7) is 3.30. The predicted octanol–water partition coefficient (Wildman–Crippen LogP) is 7.05. The third-order valence-electron chi connectivity index (χ3n) is 4.99. The molecule has 0 unspecified atom stereocenters. The molecular weight excluding hydrogens is 358 g/mol. The number of alkyl carbamates (subject to hydrolysis) is 1. The minimum absolute atomic E-state index is 0.334. The van der Waals surface area contributed by atoms with Gasteiger partial charge in [-0.3, -0.25) is 0 Å². The van der Waals surface area contributed by atoms with E-state index in [2.05, 4.69) is 36.2 Å². The van der Waals surface area contributed by atoms with Crippen molar-refractivity contribution in [3.8, 4) is 11.8 Å². The monoisotopic (exact) mass is 399 g/mol. The first kappa shape index (κ1) is 25.1. The molecule has 0 aliphatic rings. The van der Waals surface area contributed by atoms with E-state index in [4.69, 9.17) is 4.74 Å². The summed E-state index contributed by atoms with van der Waals surface area (Å²) in [5.74, 6) is 6.44. The van der Waals surface area contributed by atoms with Crippen molar-refractivity contribution in [2.75, 3.05) is 13.2 Å². The first-order valence-electron chi connectivity index (χ1n) is 11.7. The van der Waals surface area contributed by atoms with E-state index in [1.165, 1.54) is 69.8 Å². The lowest BCUT2D eigenvalue weighted by molar-refractivity contribution is 0.145. The van der Waals surface area contributed by atoms with Crippen molar-refractivity contribution < 1.29 is 9.53 Å². The topological polar surface area (TPSA) is 38.3 Å². The molecule has 0 aliphatic carbocycles. The van der Waals surface area contributed by atoms with Crippen molar-refractivity contribution in [3.05, 3.63) is 35.9 Å². The number of carbonyl (C=O) groups excluding carboxylic acids is 1. The second-order valence-corrected chi connectivity index (χ2v) is 7.69. The summed E-state index contributed by atoms with van der Waals surface area (Å²) in [5, 5.41) is 2.79. The summed E-state index contributed by atoms with van der Waals surface area (Å²) < 4.78 is 5.18. The molecule has 1 aromatic rings. The van der Waals surface area contributed by atoms with Crippen molar-refractivity contribution in [3.63, 3.8) is 0 Å². The minimum Gasteiger partial charge on any atom is -0.450 e. The average Bonchev–Trinajstić information content (AvgIpc) is 2.74. The standard InChI is InChI=1S/C26H41NO2/c1-2-3-4-5-6-7-8-9-10-11-12-13-14-15-19-24-29-26(28)27-23-22-25-20-17-16-18-21-25/h16-18,20-21H,2-12,15,19,22-24H2,1H3,(H,27,28). The molecule has 0 saturated heterocycles. The van der Waals surface area contributed by atoms with Gasteiger partial charge in [-0.2, -0.15) is 0 Å². The van der Waals surface area contributed by atoms with Gasteiger partial charge in [0.15, 0.2) is 0 Å². The lowest BCUT2D eigenvalue weighted by Gasteiger charge is -2.06. The van der Waals surface area contributed by atoms with E-state index in [1.807, 2.05) is 18.2 Å². The molecule has 0 heterocycles. The molecule has 0 aliphatic heterocycles. The first-order valence-corrected chi connectivity index (χ1v) is 11.7. The normalized spacial score (nSPS) is 10.2. The lowest BCUT2D eigenvalue weighted by atomic mass is 10.1. The number of nitrogens with one attached hydrogen (secondary N) is 1. The summed E-state index contributed by atoms with van der Waals surface area (Å²) in [6, 6.07) is 10.1. The Morgan fingerprint density at radius 3 is 2.07 bits per heavy atom. The van der Waals surface area contributed by atoms with Crippen LogP contribution in [0.15, 0.2) is 30.3 Å². The number of amides is 1. The maximum atomic E-state index is 11.6. The number of unbranched alkanes of at least 4 members (excludes halogenated alkanes) is 11. The van der Waals surface area contributed by atoms with Gasteiger partial charge in [-0.05, 0) is 24.8 Å². The van der Waals surface area contributed by atoms with Crippen LogP contribution < -0.4 is 5.32 Å². The second-order valence-electron chi connectivity index (χ2n) is 7.69. The van der Waals surface area contributed by atoms with Crippen LogP contribution in [0.25, 0.3) is 0 Å². The van der Waals surface area contributed by atoms with Gasteiger partial charge in [0.05, 0.1) is 6.61 Å². The SMILES string of the molecule is CCCCCCCCCCCCC#CCCCOC(=O)NCCc1ccccc1. The van der Waals surface area contributed by atoms with E-state index in [0.717, 1.165) is 25.7 Å². The molecule has 3 heteroatoms. The lowest BCUT2D eigenvalue weighted by Crippen LogP contribution is -2.26. The summed E-state index contributed by atoms with van der Waals surface area (Å²) in [6.07, 6.45) is 16.7. The van der Waals surface area contributed by atoms with Gasteiger partial charge in [0, 0.05) is 19.4 Å². The van der Waals surface area contributed by atoms with Gasteiger partial charge >= 0.3 is 6.09 Å². The maximum absolute atomic E-state index is 11.6. The highest BCUT2D eigenvalue weighted by Crippen LogP contribution is 2.11. The van der Waals surface area contributed by atoms with E-state index in [0.29, 0.717) is 13.2 Å². The highest BCUT2D eigenvalue weighted by molar-refractivity contribution is 5.67. The van der Waals surface area contributed by atoms with E-state index < -0.39 is 0 Å². The fourth-order valence-corrected chi connectivity index (χ4v) is 3.21. The van der Waals surface area contributed by atoms with Crippen LogP contribution in [-0.4, -0.2) is 19.2 Å². The molecule has 0 aromatic heterocycles. The molecule has 1 rings (SSSR count). The van der Waals surface area contributed by atoms with Crippen molar-refractivity contribution in [2.45, 2.75) is 96.8 Å². The van der Waals surface area contributed by atoms with Gasteiger partial charge in [0.2, 0.25) is 0 Å². The molecule has 0 bridgehead atoms. The van der Waals surface area contributed by atoms with E-state index >= 15 is 0 Å². The fourth-order valence-electron chi connectivity index (χ4n) is 3.21. The molecule has 1 N–H and O–H groups in total. The molecule has 0 atom stereocenters. The Kier molecular flexibility index (Phi) is 16.8. The summed E-state index contributed by atoms with van der Waals surface area (Å²) in [4.78, 5) is 11.6. The molecule has 0 saturated carbocycles. The number of hydrogen-bond donors (Lipinski definition) is 1. The Morgan fingerprint density at radius 2 is 1.41 bits per heavy atom. The van der Waals surface area contributed by atoms with Gasteiger partial charge in [-0.25, -0.2) is 4.79 Å². The van der Waals surface area contributed by atoms with Crippen LogP contribution in [0.5, 0.6) is 0 Å². The van der Waals surface area contributed by atoms with Crippen LogP contribution in [0.2, 0.25) is 0 Å². The van der Waals surface area contributed by atoms with Gasteiger partial charge in [0.25, 0.3) is 0 Å². The Morgan fingerprint density at radius 1 is 0.828 bits per heavy atom.